The van der Waals surface area contributed by atoms with Gasteiger partial charge in [-0.25, -0.2) is 0 Å². The minimum absolute atomic E-state index is 0.280. The fourth-order valence-corrected chi connectivity index (χ4v) is 5.03. The number of hydrogen-bond donors (Lipinski definition) is 1. The highest BCUT2D eigenvalue weighted by Gasteiger charge is 2.33. The fraction of sp³-hybridized carbons (Fsp3) is 0.385. The predicted octanol–water partition coefficient (Wildman–Crippen LogP) is 4.91. The lowest BCUT2D eigenvalue weighted by Crippen LogP contribution is -2.37. The summed E-state index contributed by atoms with van der Waals surface area (Å²) in [6.07, 6.45) is 1.58. The van der Waals surface area contributed by atoms with Crippen molar-refractivity contribution in [2.45, 2.75) is 39.3 Å². The molecule has 0 amide bonds. The lowest BCUT2D eigenvalue weighted by molar-refractivity contribution is 0.117. The molecule has 0 unspecified atom stereocenters. The molecule has 0 saturated heterocycles. The van der Waals surface area contributed by atoms with E-state index in [1.165, 1.54) is 22.2 Å². The summed E-state index contributed by atoms with van der Waals surface area (Å²) in [5, 5.41) is 5.57. The zero-order valence-electron chi connectivity index (χ0n) is 19.6. The molecule has 0 saturated carbocycles. The molecule has 7 heteroatoms. The summed E-state index contributed by atoms with van der Waals surface area (Å²) < 4.78 is 16.4. The Morgan fingerprint density at radius 3 is 2.73 bits per heavy atom. The summed E-state index contributed by atoms with van der Waals surface area (Å²) in [6, 6.07) is 14.7. The van der Waals surface area contributed by atoms with Crippen molar-refractivity contribution in [3.05, 3.63) is 71.0 Å². The molecule has 2 aromatic heterocycles. The van der Waals surface area contributed by atoms with Crippen molar-refractivity contribution in [1.29, 1.82) is 0 Å². The summed E-state index contributed by atoms with van der Waals surface area (Å²) in [7, 11) is 3.27. The van der Waals surface area contributed by atoms with Crippen molar-refractivity contribution >= 4 is 10.9 Å². The normalized spacial score (nSPS) is 16.3. The first-order valence-electron chi connectivity index (χ1n) is 11.4. The Morgan fingerprint density at radius 2 is 1.94 bits per heavy atom. The first kappa shape index (κ1) is 21.5. The average molecular weight is 447 g/mol. The molecule has 33 heavy (non-hydrogen) atoms. The smallest absolute Gasteiger partial charge is 0.240 e. The molecule has 172 valence electrons. The molecule has 4 aromatic rings. The van der Waals surface area contributed by atoms with Gasteiger partial charge in [0.15, 0.2) is 17.3 Å². The van der Waals surface area contributed by atoms with Crippen LogP contribution in [0, 0.1) is 5.92 Å². The standard InChI is InChI=1S/C26H30N4O3/c1-16(2)26-25-19(18-7-5-6-8-20(18)27-25)11-12-30(26)15-24-28-23(29-33-24)14-17-9-10-21(31-3)22(13-17)32-4/h5-10,13,16,26-27H,11-12,14-15H2,1-4H3/t26-/m1/s1. The van der Waals surface area contributed by atoms with Gasteiger partial charge in [0, 0.05) is 29.6 Å². The van der Waals surface area contributed by atoms with Crippen LogP contribution in [0.3, 0.4) is 0 Å². The van der Waals surface area contributed by atoms with Gasteiger partial charge in [-0.2, -0.15) is 4.98 Å². The molecule has 7 nitrogen and oxygen atoms in total. The van der Waals surface area contributed by atoms with Gasteiger partial charge in [0.1, 0.15) is 0 Å². The minimum atomic E-state index is 0.280. The molecule has 0 aliphatic carbocycles. The van der Waals surface area contributed by atoms with Crippen LogP contribution in [0.4, 0.5) is 0 Å². The first-order valence-corrected chi connectivity index (χ1v) is 11.4. The van der Waals surface area contributed by atoms with E-state index in [1.807, 2.05) is 18.2 Å². The second kappa shape index (κ2) is 8.90. The molecule has 1 aliphatic heterocycles. The molecule has 1 N–H and O–H groups in total. The van der Waals surface area contributed by atoms with Crippen LogP contribution in [0.2, 0.25) is 0 Å². The molecule has 0 radical (unpaired) electrons. The van der Waals surface area contributed by atoms with Crippen LogP contribution in [0.25, 0.3) is 10.9 Å². The van der Waals surface area contributed by atoms with Gasteiger partial charge in [-0.1, -0.05) is 43.3 Å². The van der Waals surface area contributed by atoms with E-state index < -0.39 is 0 Å². The van der Waals surface area contributed by atoms with Crippen LogP contribution >= 0.6 is 0 Å². The molecular formula is C26H30N4O3. The zero-order chi connectivity index (χ0) is 22.9. The van der Waals surface area contributed by atoms with Crippen molar-refractivity contribution in [2.75, 3.05) is 20.8 Å². The third kappa shape index (κ3) is 4.09. The number of ether oxygens (including phenoxy) is 2. The van der Waals surface area contributed by atoms with Crippen LogP contribution in [-0.4, -0.2) is 40.8 Å². The third-order valence-corrected chi connectivity index (χ3v) is 6.47. The first-order chi connectivity index (χ1) is 16.1. The quantitative estimate of drug-likeness (QED) is 0.435. The molecular weight excluding hydrogens is 416 g/mol. The van der Waals surface area contributed by atoms with Gasteiger partial charge in [-0.15, -0.1) is 0 Å². The highest BCUT2D eigenvalue weighted by Crippen LogP contribution is 2.39. The van der Waals surface area contributed by atoms with Crippen LogP contribution in [0.5, 0.6) is 11.5 Å². The Labute approximate surface area is 193 Å². The number of hydrogen-bond acceptors (Lipinski definition) is 6. The van der Waals surface area contributed by atoms with Gasteiger partial charge in [0.05, 0.1) is 26.8 Å². The molecule has 2 aromatic carbocycles. The van der Waals surface area contributed by atoms with Gasteiger partial charge in [0.25, 0.3) is 0 Å². The number of aromatic amines is 1. The van der Waals surface area contributed by atoms with Crippen molar-refractivity contribution in [1.82, 2.24) is 20.0 Å². The lowest BCUT2D eigenvalue weighted by Gasteiger charge is -2.37. The number of rotatable bonds is 7. The van der Waals surface area contributed by atoms with E-state index in [0.717, 1.165) is 18.5 Å². The highest BCUT2D eigenvalue weighted by molar-refractivity contribution is 5.85. The SMILES string of the molecule is COc1ccc(Cc2noc(CN3CCc4c([nH]c5ccccc45)[C@H]3C(C)C)n2)cc1OC. The monoisotopic (exact) mass is 446 g/mol. The van der Waals surface area contributed by atoms with Crippen LogP contribution in [0.1, 0.15) is 48.4 Å². The lowest BCUT2D eigenvalue weighted by atomic mass is 9.90. The molecule has 1 aliphatic rings. The number of H-pyrrole nitrogens is 1. The third-order valence-electron chi connectivity index (χ3n) is 6.47. The average Bonchev–Trinajstić information content (AvgIpc) is 3.42. The maximum atomic E-state index is 5.65. The van der Waals surface area contributed by atoms with Crippen molar-refractivity contribution in [3.8, 4) is 11.5 Å². The number of methoxy groups -OCH3 is 2. The zero-order valence-corrected chi connectivity index (χ0v) is 19.6. The Bertz CT molecular complexity index is 1260. The fourth-order valence-electron chi connectivity index (χ4n) is 5.03. The largest absolute Gasteiger partial charge is 0.493 e. The maximum Gasteiger partial charge on any atom is 0.240 e. The summed E-state index contributed by atoms with van der Waals surface area (Å²) >= 11 is 0. The van der Waals surface area contributed by atoms with Crippen molar-refractivity contribution < 1.29 is 14.0 Å². The van der Waals surface area contributed by atoms with Gasteiger partial charge < -0.3 is 19.0 Å². The van der Waals surface area contributed by atoms with Crippen LogP contribution < -0.4 is 9.47 Å². The van der Waals surface area contributed by atoms with Crippen molar-refractivity contribution in [2.24, 2.45) is 5.92 Å². The molecule has 3 heterocycles. The Kier molecular flexibility index (Phi) is 5.81. The number of aromatic nitrogens is 3. The molecule has 5 rings (SSSR count). The van der Waals surface area contributed by atoms with E-state index in [-0.39, 0.29) is 6.04 Å². The summed E-state index contributed by atoms with van der Waals surface area (Å²) in [5.74, 6) is 3.17. The van der Waals surface area contributed by atoms with Gasteiger partial charge >= 0.3 is 0 Å². The van der Waals surface area contributed by atoms with Gasteiger partial charge in [0.2, 0.25) is 5.89 Å². The van der Waals surface area contributed by atoms with E-state index in [2.05, 4.69) is 58.1 Å². The molecule has 1 atom stereocenters. The number of fused-ring (bicyclic) bond motifs is 3. The predicted molar refractivity (Wildman–Crippen MR) is 127 cm³/mol. The Hall–Kier alpha value is -3.32. The Balaban J connectivity index is 1.34. The van der Waals surface area contributed by atoms with Gasteiger partial charge in [-0.05, 0) is 41.7 Å². The summed E-state index contributed by atoms with van der Waals surface area (Å²) in [6.45, 7) is 6.14. The highest BCUT2D eigenvalue weighted by atomic mass is 16.5. The second-order valence-electron chi connectivity index (χ2n) is 8.94. The van der Waals surface area contributed by atoms with E-state index >= 15 is 0 Å². The Morgan fingerprint density at radius 1 is 1.12 bits per heavy atom. The van der Waals surface area contributed by atoms with Crippen LogP contribution in [0.15, 0.2) is 47.0 Å². The van der Waals surface area contributed by atoms with Crippen LogP contribution in [-0.2, 0) is 19.4 Å². The summed E-state index contributed by atoms with van der Waals surface area (Å²) in [5.41, 5.74) is 5.02. The summed E-state index contributed by atoms with van der Waals surface area (Å²) in [4.78, 5) is 10.8. The van der Waals surface area contributed by atoms with E-state index in [4.69, 9.17) is 14.0 Å². The van der Waals surface area contributed by atoms with Crippen molar-refractivity contribution in [3.63, 3.8) is 0 Å². The maximum absolute atomic E-state index is 5.65. The minimum Gasteiger partial charge on any atom is -0.493 e. The molecule has 0 fully saturated rings. The number of para-hydroxylation sites is 1. The molecule has 0 bridgehead atoms. The number of nitrogens with one attached hydrogen (secondary N) is 1. The number of benzene rings is 2. The van der Waals surface area contributed by atoms with Gasteiger partial charge in [-0.3, -0.25) is 4.90 Å². The van der Waals surface area contributed by atoms with E-state index in [9.17, 15) is 0 Å². The van der Waals surface area contributed by atoms with E-state index in [0.29, 0.717) is 42.1 Å². The number of nitrogens with zero attached hydrogens (tertiary/aromatic N) is 3. The second-order valence-corrected chi connectivity index (χ2v) is 8.94. The van der Waals surface area contributed by atoms with E-state index in [1.54, 1.807) is 14.2 Å². The molecule has 0 spiro atoms. The topological polar surface area (TPSA) is 76.4 Å².